The Balaban J connectivity index is 1.42. The molecule has 9 nitrogen and oxygen atoms in total. The van der Waals surface area contributed by atoms with Crippen molar-refractivity contribution in [3.63, 3.8) is 0 Å². The van der Waals surface area contributed by atoms with E-state index in [4.69, 9.17) is 14.7 Å². The molecule has 2 amide bonds. The highest BCUT2D eigenvalue weighted by Gasteiger charge is 2.29. The van der Waals surface area contributed by atoms with Crippen molar-refractivity contribution in [1.29, 1.82) is 0 Å². The quantitative estimate of drug-likeness (QED) is 0.629. The first-order chi connectivity index (χ1) is 15.5. The highest BCUT2D eigenvalue weighted by Crippen LogP contribution is 2.34. The van der Waals surface area contributed by atoms with E-state index in [0.717, 1.165) is 53.9 Å². The van der Waals surface area contributed by atoms with E-state index in [1.807, 2.05) is 35.6 Å². The number of fused-ring (bicyclic) bond motifs is 1. The molecule has 0 aromatic carbocycles. The highest BCUT2D eigenvalue weighted by molar-refractivity contribution is 5.90. The van der Waals surface area contributed by atoms with Gasteiger partial charge in [-0.15, -0.1) is 0 Å². The number of aryl methyl sites for hydroxylation is 1. The molecule has 0 aliphatic carbocycles. The third kappa shape index (κ3) is 3.85. The number of nitrogens with zero attached hydrogens (tertiary/aromatic N) is 7. The Hall–Kier alpha value is -2.94. The molecule has 0 bridgehead atoms. The lowest BCUT2D eigenvalue weighted by Crippen LogP contribution is -2.50. The standard InChI is InChI=1S/C23H31N7O2/c1-16(2)30-15-24-22-20(30)12-19(26-21(22)18-13-25-27(3)14-18)17-4-6-28(7-5-17)23(31)29-8-10-32-11-9-29/h12-17H,4-11H2,1-3H3. The number of pyridine rings is 1. The molecule has 0 N–H and O–H groups in total. The van der Waals surface area contributed by atoms with Crippen molar-refractivity contribution >= 4 is 17.1 Å². The second kappa shape index (κ2) is 8.54. The maximum absolute atomic E-state index is 12.9. The lowest BCUT2D eigenvalue weighted by molar-refractivity contribution is 0.0411. The van der Waals surface area contributed by atoms with Crippen LogP contribution in [0.1, 0.15) is 44.3 Å². The summed E-state index contributed by atoms with van der Waals surface area (Å²) in [4.78, 5) is 26.5. The monoisotopic (exact) mass is 437 g/mol. The number of likely N-dealkylation sites (tertiary alicyclic amines) is 1. The van der Waals surface area contributed by atoms with Crippen LogP contribution < -0.4 is 0 Å². The molecule has 5 rings (SSSR count). The molecule has 0 radical (unpaired) electrons. The molecule has 2 aliphatic heterocycles. The number of urea groups is 1. The maximum atomic E-state index is 12.9. The van der Waals surface area contributed by atoms with Crippen LogP contribution in [0, 0.1) is 0 Å². The van der Waals surface area contributed by atoms with Gasteiger partial charge < -0.3 is 19.1 Å². The van der Waals surface area contributed by atoms with Crippen molar-refractivity contribution in [1.82, 2.24) is 34.1 Å². The van der Waals surface area contributed by atoms with Gasteiger partial charge in [0.2, 0.25) is 0 Å². The number of morpholine rings is 1. The van der Waals surface area contributed by atoms with Crippen LogP contribution in [-0.4, -0.2) is 79.5 Å². The molecule has 0 atom stereocenters. The zero-order chi connectivity index (χ0) is 22.2. The summed E-state index contributed by atoms with van der Waals surface area (Å²) in [5.41, 5.74) is 4.97. The summed E-state index contributed by atoms with van der Waals surface area (Å²) >= 11 is 0. The van der Waals surface area contributed by atoms with Crippen molar-refractivity contribution in [3.05, 3.63) is 30.5 Å². The number of hydrogen-bond acceptors (Lipinski definition) is 5. The lowest BCUT2D eigenvalue weighted by atomic mass is 9.92. The van der Waals surface area contributed by atoms with Gasteiger partial charge in [0, 0.05) is 62.6 Å². The van der Waals surface area contributed by atoms with E-state index >= 15 is 0 Å². The molecular formula is C23H31N7O2. The molecule has 3 aromatic heterocycles. The molecule has 0 spiro atoms. The van der Waals surface area contributed by atoms with E-state index in [9.17, 15) is 4.79 Å². The number of amides is 2. The topological polar surface area (TPSA) is 81.3 Å². The fraction of sp³-hybridized carbons (Fsp3) is 0.565. The summed E-state index contributed by atoms with van der Waals surface area (Å²) in [5, 5.41) is 4.34. The van der Waals surface area contributed by atoms with Crippen LogP contribution in [0.2, 0.25) is 0 Å². The zero-order valence-electron chi connectivity index (χ0n) is 19.1. The van der Waals surface area contributed by atoms with Gasteiger partial charge in [0.15, 0.2) is 0 Å². The third-order valence-corrected chi connectivity index (χ3v) is 6.58. The van der Waals surface area contributed by atoms with E-state index in [2.05, 4.69) is 29.6 Å². The molecule has 9 heteroatoms. The zero-order valence-corrected chi connectivity index (χ0v) is 19.1. The van der Waals surface area contributed by atoms with Gasteiger partial charge in [0.05, 0.1) is 31.3 Å². The molecule has 170 valence electrons. The number of carbonyl (C=O) groups is 1. The van der Waals surface area contributed by atoms with Crippen molar-refractivity contribution in [2.45, 2.75) is 38.6 Å². The van der Waals surface area contributed by atoms with Gasteiger partial charge >= 0.3 is 6.03 Å². The van der Waals surface area contributed by atoms with E-state index in [-0.39, 0.29) is 6.03 Å². The van der Waals surface area contributed by atoms with Crippen LogP contribution in [0.3, 0.4) is 0 Å². The fourth-order valence-electron chi connectivity index (χ4n) is 4.74. The van der Waals surface area contributed by atoms with Crippen molar-refractivity contribution in [2.75, 3.05) is 39.4 Å². The number of carbonyl (C=O) groups excluding carboxylic acids is 1. The third-order valence-electron chi connectivity index (χ3n) is 6.58. The summed E-state index contributed by atoms with van der Waals surface area (Å²) in [7, 11) is 1.92. The van der Waals surface area contributed by atoms with Gasteiger partial charge in [0.25, 0.3) is 0 Å². The van der Waals surface area contributed by atoms with Crippen LogP contribution in [0.4, 0.5) is 4.79 Å². The first-order valence-corrected chi connectivity index (χ1v) is 11.5. The lowest BCUT2D eigenvalue weighted by Gasteiger charge is -2.37. The van der Waals surface area contributed by atoms with E-state index < -0.39 is 0 Å². The normalized spacial score (nSPS) is 18.1. The Morgan fingerprint density at radius 1 is 1.12 bits per heavy atom. The van der Waals surface area contributed by atoms with Crippen molar-refractivity contribution in [2.24, 2.45) is 7.05 Å². The van der Waals surface area contributed by atoms with Gasteiger partial charge in [-0.3, -0.25) is 4.68 Å². The second-order valence-electron chi connectivity index (χ2n) is 9.06. The van der Waals surface area contributed by atoms with Gasteiger partial charge in [-0.1, -0.05) is 0 Å². The van der Waals surface area contributed by atoms with Crippen LogP contribution in [0.25, 0.3) is 22.3 Å². The Morgan fingerprint density at radius 2 is 1.84 bits per heavy atom. The molecule has 0 saturated carbocycles. The summed E-state index contributed by atoms with van der Waals surface area (Å²) in [6, 6.07) is 2.65. The maximum Gasteiger partial charge on any atom is 0.320 e. The van der Waals surface area contributed by atoms with Gasteiger partial charge in [-0.05, 0) is 32.8 Å². The van der Waals surface area contributed by atoms with E-state index in [0.29, 0.717) is 38.3 Å². The van der Waals surface area contributed by atoms with Crippen LogP contribution in [-0.2, 0) is 11.8 Å². The van der Waals surface area contributed by atoms with Crippen molar-refractivity contribution < 1.29 is 9.53 Å². The summed E-state index contributed by atoms with van der Waals surface area (Å²) < 4.78 is 9.38. The summed E-state index contributed by atoms with van der Waals surface area (Å²) in [6.07, 6.45) is 7.57. The number of hydrogen-bond donors (Lipinski definition) is 0. The van der Waals surface area contributed by atoms with Crippen molar-refractivity contribution in [3.8, 4) is 11.3 Å². The Labute approximate surface area is 188 Å². The van der Waals surface area contributed by atoms with Gasteiger partial charge in [-0.2, -0.15) is 5.10 Å². The summed E-state index contributed by atoms with van der Waals surface area (Å²) in [5.74, 6) is 0.319. The number of piperidine rings is 1. The molecular weight excluding hydrogens is 406 g/mol. The number of aromatic nitrogens is 5. The second-order valence-corrected chi connectivity index (χ2v) is 9.06. The summed E-state index contributed by atoms with van der Waals surface area (Å²) in [6.45, 7) is 8.48. The van der Waals surface area contributed by atoms with Crippen LogP contribution in [0.5, 0.6) is 0 Å². The predicted molar refractivity (Wildman–Crippen MR) is 121 cm³/mol. The molecule has 3 aromatic rings. The first-order valence-electron chi connectivity index (χ1n) is 11.5. The fourth-order valence-corrected chi connectivity index (χ4v) is 4.74. The van der Waals surface area contributed by atoms with Crippen LogP contribution >= 0.6 is 0 Å². The first kappa shape index (κ1) is 20.9. The Bertz CT molecular complexity index is 1100. The molecule has 0 unspecified atom stereocenters. The minimum atomic E-state index is 0.143. The minimum absolute atomic E-state index is 0.143. The average molecular weight is 438 g/mol. The minimum Gasteiger partial charge on any atom is -0.378 e. The molecule has 32 heavy (non-hydrogen) atoms. The Morgan fingerprint density at radius 3 is 2.50 bits per heavy atom. The smallest absolute Gasteiger partial charge is 0.320 e. The van der Waals surface area contributed by atoms with E-state index in [1.54, 1.807) is 4.68 Å². The number of rotatable bonds is 3. The average Bonchev–Trinajstić information content (AvgIpc) is 3.45. The van der Waals surface area contributed by atoms with Crippen LogP contribution in [0.15, 0.2) is 24.8 Å². The van der Waals surface area contributed by atoms with Gasteiger partial charge in [-0.25, -0.2) is 14.8 Å². The number of ether oxygens (including phenoxy) is 1. The molecule has 2 aliphatic rings. The predicted octanol–water partition coefficient (Wildman–Crippen LogP) is 3.04. The largest absolute Gasteiger partial charge is 0.378 e. The molecule has 2 fully saturated rings. The Kier molecular flexibility index (Phi) is 5.58. The molecule has 5 heterocycles. The number of imidazole rings is 1. The highest BCUT2D eigenvalue weighted by atomic mass is 16.5. The van der Waals surface area contributed by atoms with Gasteiger partial charge in [0.1, 0.15) is 11.2 Å². The SMILES string of the molecule is CC(C)n1cnc2c(-c3cnn(C)c3)nc(C3CCN(C(=O)N4CCOCC4)CC3)cc21. The molecule has 2 saturated heterocycles. The van der Waals surface area contributed by atoms with E-state index in [1.165, 1.54) is 0 Å².